The monoisotopic (exact) mass is 464 g/mol. The van der Waals surface area contributed by atoms with E-state index in [0.29, 0.717) is 19.8 Å². The van der Waals surface area contributed by atoms with Crippen molar-refractivity contribution in [2.75, 3.05) is 13.2 Å². The van der Waals surface area contributed by atoms with Crippen molar-refractivity contribution in [1.29, 1.82) is 0 Å². The average molecular weight is 465 g/mol. The average Bonchev–Trinajstić information content (AvgIpc) is 3.00. The predicted molar refractivity (Wildman–Crippen MR) is 128 cm³/mol. The molecule has 0 bridgehead atoms. The number of benzene rings is 2. The van der Waals surface area contributed by atoms with E-state index in [1.807, 2.05) is 56.3 Å². The van der Waals surface area contributed by atoms with Crippen LogP contribution in [0.2, 0.25) is 0 Å². The molecule has 34 heavy (non-hydrogen) atoms. The van der Waals surface area contributed by atoms with E-state index >= 15 is 0 Å². The summed E-state index contributed by atoms with van der Waals surface area (Å²) in [5, 5.41) is 7.14. The molecular formula is C27H32N2O5. The zero-order valence-corrected chi connectivity index (χ0v) is 20.2. The van der Waals surface area contributed by atoms with Gasteiger partial charge in [0.2, 0.25) is 5.91 Å². The van der Waals surface area contributed by atoms with E-state index in [1.54, 1.807) is 0 Å². The van der Waals surface area contributed by atoms with E-state index in [2.05, 4.69) is 24.3 Å². The minimum Gasteiger partial charge on any atom is -0.490 e. The molecular weight excluding hydrogens is 432 g/mol. The second-order valence-electron chi connectivity index (χ2n) is 8.96. The van der Waals surface area contributed by atoms with Crippen molar-refractivity contribution in [2.24, 2.45) is 5.92 Å². The number of amides is 1. The van der Waals surface area contributed by atoms with Crippen molar-refractivity contribution in [3.8, 4) is 17.2 Å². The third-order valence-electron chi connectivity index (χ3n) is 5.97. The summed E-state index contributed by atoms with van der Waals surface area (Å²) in [5.74, 6) is 3.17. The molecule has 3 aromatic rings. The number of carbonyl (C=O) groups is 1. The van der Waals surface area contributed by atoms with Gasteiger partial charge in [-0.15, -0.1) is 0 Å². The van der Waals surface area contributed by atoms with E-state index in [0.717, 1.165) is 51.8 Å². The highest BCUT2D eigenvalue weighted by atomic mass is 16.5. The third-order valence-corrected chi connectivity index (χ3v) is 5.97. The standard InChI is InChI=1S/C27H32N2O5/c1-17(2)27(21-8-11-24-25(15-21)32-13-5-12-31-24)28-26(30)14-20-6-9-22(10-7-20)33-16-23-18(3)29-34-19(23)4/h6-11,15,17,27H,5,12-14,16H2,1-4H3,(H,28,30). The van der Waals surface area contributed by atoms with E-state index in [4.69, 9.17) is 18.7 Å². The highest BCUT2D eigenvalue weighted by molar-refractivity contribution is 5.79. The van der Waals surface area contributed by atoms with Crippen LogP contribution in [0.3, 0.4) is 0 Å². The number of nitrogens with one attached hydrogen (secondary N) is 1. The fourth-order valence-corrected chi connectivity index (χ4v) is 3.99. The molecule has 4 rings (SSSR count). The van der Waals surface area contributed by atoms with E-state index in [1.165, 1.54) is 0 Å². The van der Waals surface area contributed by atoms with Gasteiger partial charge in [0.1, 0.15) is 18.1 Å². The summed E-state index contributed by atoms with van der Waals surface area (Å²) in [5.41, 5.74) is 3.72. The zero-order chi connectivity index (χ0) is 24.1. The summed E-state index contributed by atoms with van der Waals surface area (Å²) in [6.45, 7) is 9.64. The Kier molecular flexibility index (Phi) is 7.40. The Balaban J connectivity index is 1.36. The molecule has 180 valence electrons. The summed E-state index contributed by atoms with van der Waals surface area (Å²) >= 11 is 0. The van der Waals surface area contributed by atoms with Crippen molar-refractivity contribution in [2.45, 2.75) is 53.2 Å². The molecule has 1 aliphatic rings. The molecule has 7 heteroatoms. The van der Waals surface area contributed by atoms with Crippen molar-refractivity contribution in [1.82, 2.24) is 10.5 Å². The molecule has 1 aromatic heterocycles. The van der Waals surface area contributed by atoms with Crippen LogP contribution >= 0.6 is 0 Å². The number of ether oxygens (including phenoxy) is 3. The lowest BCUT2D eigenvalue weighted by molar-refractivity contribution is -0.121. The van der Waals surface area contributed by atoms with Gasteiger partial charge in [-0.05, 0) is 55.2 Å². The fourth-order valence-electron chi connectivity index (χ4n) is 3.99. The van der Waals surface area contributed by atoms with Gasteiger partial charge in [-0.2, -0.15) is 0 Å². The molecule has 1 atom stereocenters. The van der Waals surface area contributed by atoms with Crippen molar-refractivity contribution < 1.29 is 23.5 Å². The van der Waals surface area contributed by atoms with Crippen LogP contribution in [-0.4, -0.2) is 24.3 Å². The Morgan fingerprint density at radius 2 is 1.79 bits per heavy atom. The first-order valence-electron chi connectivity index (χ1n) is 11.7. The van der Waals surface area contributed by atoms with Crippen LogP contribution in [0.1, 0.15) is 54.5 Å². The molecule has 0 saturated carbocycles. The summed E-state index contributed by atoms with van der Waals surface area (Å²) in [6.07, 6.45) is 1.15. The van der Waals surface area contributed by atoms with Crippen LogP contribution in [0.5, 0.6) is 17.2 Å². The molecule has 1 unspecified atom stereocenters. The summed E-state index contributed by atoms with van der Waals surface area (Å²) in [7, 11) is 0. The molecule has 0 saturated heterocycles. The minimum absolute atomic E-state index is 0.0322. The molecule has 0 fully saturated rings. The molecule has 1 amide bonds. The van der Waals surface area contributed by atoms with E-state index < -0.39 is 0 Å². The van der Waals surface area contributed by atoms with Crippen molar-refractivity contribution >= 4 is 5.91 Å². The molecule has 0 spiro atoms. The predicted octanol–water partition coefficient (Wildman–Crippen LogP) is 5.09. The van der Waals surface area contributed by atoms with Crippen molar-refractivity contribution in [3.63, 3.8) is 0 Å². The molecule has 7 nitrogen and oxygen atoms in total. The Labute approximate surface area is 200 Å². The molecule has 1 aliphatic heterocycles. The summed E-state index contributed by atoms with van der Waals surface area (Å²) in [6, 6.07) is 13.4. The second kappa shape index (κ2) is 10.6. The van der Waals surface area contributed by atoms with Gasteiger partial charge in [0.25, 0.3) is 0 Å². The van der Waals surface area contributed by atoms with Gasteiger partial charge in [0, 0.05) is 6.42 Å². The summed E-state index contributed by atoms with van der Waals surface area (Å²) in [4.78, 5) is 12.9. The number of hydrogen-bond donors (Lipinski definition) is 1. The zero-order valence-electron chi connectivity index (χ0n) is 20.2. The first kappa shape index (κ1) is 23.7. The Hall–Kier alpha value is -3.48. The number of fused-ring (bicyclic) bond motifs is 1. The number of rotatable bonds is 8. The Bertz CT molecular complexity index is 1100. The number of hydrogen-bond acceptors (Lipinski definition) is 6. The number of nitrogens with zero attached hydrogens (tertiary/aromatic N) is 1. The largest absolute Gasteiger partial charge is 0.490 e. The third kappa shape index (κ3) is 5.71. The van der Waals surface area contributed by atoms with E-state index in [-0.39, 0.29) is 24.3 Å². The van der Waals surface area contributed by atoms with Gasteiger partial charge in [0.15, 0.2) is 11.5 Å². The lowest BCUT2D eigenvalue weighted by atomic mass is 9.95. The molecule has 2 heterocycles. The number of carbonyl (C=O) groups excluding carboxylic acids is 1. The second-order valence-corrected chi connectivity index (χ2v) is 8.96. The normalized spacial score (nSPS) is 13.9. The van der Waals surface area contributed by atoms with Crippen LogP contribution < -0.4 is 19.5 Å². The maximum atomic E-state index is 12.9. The van der Waals surface area contributed by atoms with Gasteiger partial charge in [0.05, 0.1) is 36.9 Å². The highest BCUT2D eigenvalue weighted by Gasteiger charge is 2.21. The van der Waals surface area contributed by atoms with Crippen LogP contribution in [0.4, 0.5) is 0 Å². The maximum Gasteiger partial charge on any atom is 0.224 e. The smallest absolute Gasteiger partial charge is 0.224 e. The lowest BCUT2D eigenvalue weighted by Crippen LogP contribution is -2.32. The van der Waals surface area contributed by atoms with Gasteiger partial charge in [-0.25, -0.2) is 0 Å². The van der Waals surface area contributed by atoms with Gasteiger partial charge < -0.3 is 24.1 Å². The lowest BCUT2D eigenvalue weighted by Gasteiger charge is -2.24. The maximum absolute atomic E-state index is 12.9. The highest BCUT2D eigenvalue weighted by Crippen LogP contribution is 2.34. The first-order valence-corrected chi connectivity index (χ1v) is 11.7. The SMILES string of the molecule is Cc1noc(C)c1COc1ccc(CC(=O)NC(c2ccc3c(c2)OCCCO3)C(C)C)cc1. The number of aryl methyl sites for hydroxylation is 2. The van der Waals surface area contributed by atoms with Crippen LogP contribution in [0, 0.1) is 19.8 Å². The van der Waals surface area contributed by atoms with Crippen LogP contribution in [-0.2, 0) is 17.8 Å². The Morgan fingerprint density at radius 1 is 1.06 bits per heavy atom. The van der Waals surface area contributed by atoms with Crippen LogP contribution in [0.25, 0.3) is 0 Å². The Morgan fingerprint density at radius 3 is 2.47 bits per heavy atom. The summed E-state index contributed by atoms with van der Waals surface area (Å²) < 4.78 is 22.6. The first-order chi connectivity index (χ1) is 16.4. The molecule has 0 aliphatic carbocycles. The topological polar surface area (TPSA) is 82.8 Å². The number of aromatic nitrogens is 1. The van der Waals surface area contributed by atoms with Crippen LogP contribution in [0.15, 0.2) is 47.0 Å². The molecule has 2 aromatic carbocycles. The van der Waals surface area contributed by atoms with Gasteiger partial charge in [-0.3, -0.25) is 4.79 Å². The van der Waals surface area contributed by atoms with E-state index in [9.17, 15) is 4.79 Å². The van der Waals surface area contributed by atoms with Gasteiger partial charge in [-0.1, -0.05) is 37.2 Å². The van der Waals surface area contributed by atoms with Crippen molar-refractivity contribution in [3.05, 3.63) is 70.6 Å². The quantitative estimate of drug-likeness (QED) is 0.500. The fraction of sp³-hybridized carbons (Fsp3) is 0.407. The molecule has 1 N–H and O–H groups in total. The molecule has 0 radical (unpaired) electrons. The van der Waals surface area contributed by atoms with Gasteiger partial charge >= 0.3 is 0 Å². The minimum atomic E-state index is -0.123.